The van der Waals surface area contributed by atoms with Crippen molar-refractivity contribution >= 4 is 11.8 Å². The molecule has 1 aliphatic heterocycles. The van der Waals surface area contributed by atoms with Crippen LogP contribution in [0.1, 0.15) is 12.8 Å². The summed E-state index contributed by atoms with van der Waals surface area (Å²) in [5.74, 6) is 1.39. The highest BCUT2D eigenvalue weighted by molar-refractivity contribution is 8.00. The third-order valence-electron chi connectivity index (χ3n) is 1.59. The molecule has 0 N–H and O–H groups in total. The summed E-state index contributed by atoms with van der Waals surface area (Å²) in [5, 5.41) is 0.931. The van der Waals surface area contributed by atoms with Gasteiger partial charge in [-0.05, 0) is 32.7 Å². The second-order valence-electron chi connectivity index (χ2n) is 2.90. The molecule has 0 aliphatic carbocycles. The third kappa shape index (κ3) is 2.59. The first-order valence-electron chi connectivity index (χ1n) is 3.55. The molecule has 1 nitrogen and oxygen atoms in total. The maximum absolute atomic E-state index is 2.28. The number of thioether (sulfide) groups is 1. The Hall–Kier alpha value is 0.310. The molecule has 0 bridgehead atoms. The van der Waals surface area contributed by atoms with Crippen molar-refractivity contribution in [2.45, 2.75) is 18.1 Å². The monoisotopic (exact) mass is 145 g/mol. The molecule has 0 radical (unpaired) electrons. The fourth-order valence-corrected chi connectivity index (χ4v) is 2.60. The zero-order valence-electron chi connectivity index (χ0n) is 6.26. The Labute approximate surface area is 61.8 Å². The van der Waals surface area contributed by atoms with Crippen molar-refractivity contribution in [2.24, 2.45) is 0 Å². The van der Waals surface area contributed by atoms with Crippen molar-refractivity contribution in [3.05, 3.63) is 0 Å². The lowest BCUT2D eigenvalue weighted by Gasteiger charge is -2.13. The van der Waals surface area contributed by atoms with Gasteiger partial charge in [0.25, 0.3) is 0 Å². The van der Waals surface area contributed by atoms with Crippen LogP contribution in [0.2, 0.25) is 0 Å². The summed E-state index contributed by atoms with van der Waals surface area (Å²) in [4.78, 5) is 2.28. The van der Waals surface area contributed by atoms with Gasteiger partial charge >= 0.3 is 0 Å². The van der Waals surface area contributed by atoms with E-state index in [1.54, 1.807) is 0 Å². The molecule has 0 aromatic carbocycles. The molecule has 1 heterocycles. The van der Waals surface area contributed by atoms with Gasteiger partial charge in [-0.15, -0.1) is 0 Å². The highest BCUT2D eigenvalue weighted by atomic mass is 32.2. The fraction of sp³-hybridized carbons (Fsp3) is 1.00. The normalized spacial score (nSPS) is 27.7. The van der Waals surface area contributed by atoms with Crippen LogP contribution in [0.4, 0.5) is 0 Å². The second kappa shape index (κ2) is 3.47. The predicted molar refractivity (Wildman–Crippen MR) is 44.0 cm³/mol. The Morgan fingerprint density at radius 3 is 2.78 bits per heavy atom. The number of hydrogen-bond acceptors (Lipinski definition) is 2. The summed E-state index contributed by atoms with van der Waals surface area (Å²) in [7, 11) is 4.30. The Morgan fingerprint density at radius 2 is 2.33 bits per heavy atom. The van der Waals surface area contributed by atoms with E-state index in [1.165, 1.54) is 25.1 Å². The van der Waals surface area contributed by atoms with Crippen LogP contribution in [0.3, 0.4) is 0 Å². The van der Waals surface area contributed by atoms with Crippen LogP contribution in [0, 0.1) is 0 Å². The Morgan fingerprint density at radius 1 is 1.56 bits per heavy atom. The maximum atomic E-state index is 2.28. The standard InChI is InChI=1S/C7H15NS/c1-8(2)6-7-4-3-5-9-7/h7H,3-6H2,1-2H3. The van der Waals surface area contributed by atoms with E-state index in [-0.39, 0.29) is 0 Å². The molecule has 1 atom stereocenters. The zero-order valence-corrected chi connectivity index (χ0v) is 7.08. The zero-order chi connectivity index (χ0) is 6.69. The molecule has 0 aromatic heterocycles. The first-order valence-corrected chi connectivity index (χ1v) is 4.60. The third-order valence-corrected chi connectivity index (χ3v) is 2.97. The summed E-state index contributed by atoms with van der Waals surface area (Å²) in [6.07, 6.45) is 2.87. The lowest BCUT2D eigenvalue weighted by molar-refractivity contribution is 0.404. The Kier molecular flexibility index (Phi) is 2.86. The van der Waals surface area contributed by atoms with Crippen LogP contribution in [-0.4, -0.2) is 36.5 Å². The minimum Gasteiger partial charge on any atom is -0.308 e. The quantitative estimate of drug-likeness (QED) is 0.578. The van der Waals surface area contributed by atoms with Crippen LogP contribution in [0.25, 0.3) is 0 Å². The van der Waals surface area contributed by atoms with Gasteiger partial charge in [0.15, 0.2) is 0 Å². The van der Waals surface area contributed by atoms with E-state index >= 15 is 0 Å². The Bertz CT molecular complexity index is 77.0. The van der Waals surface area contributed by atoms with Gasteiger partial charge in [0.2, 0.25) is 0 Å². The average Bonchev–Trinajstić information content (AvgIpc) is 2.15. The SMILES string of the molecule is CN(C)CC1CCCS1. The molecule has 0 amide bonds. The molecule has 0 spiro atoms. The lowest BCUT2D eigenvalue weighted by atomic mass is 10.2. The van der Waals surface area contributed by atoms with E-state index in [2.05, 4.69) is 30.8 Å². The molecular weight excluding hydrogens is 130 g/mol. The molecule has 1 saturated heterocycles. The van der Waals surface area contributed by atoms with Crippen molar-refractivity contribution in [3.8, 4) is 0 Å². The van der Waals surface area contributed by atoms with E-state index in [9.17, 15) is 0 Å². The minimum atomic E-state index is 0.931. The highest BCUT2D eigenvalue weighted by Gasteiger charge is 2.15. The molecule has 1 rings (SSSR count). The second-order valence-corrected chi connectivity index (χ2v) is 4.31. The van der Waals surface area contributed by atoms with Crippen molar-refractivity contribution in [2.75, 3.05) is 26.4 Å². The number of nitrogens with zero attached hydrogens (tertiary/aromatic N) is 1. The minimum absolute atomic E-state index is 0.931. The first-order chi connectivity index (χ1) is 4.29. The predicted octanol–water partition coefficient (Wildman–Crippen LogP) is 1.44. The van der Waals surface area contributed by atoms with Crippen LogP contribution in [0.15, 0.2) is 0 Å². The van der Waals surface area contributed by atoms with Gasteiger partial charge in [-0.25, -0.2) is 0 Å². The summed E-state index contributed by atoms with van der Waals surface area (Å²) in [6, 6.07) is 0. The van der Waals surface area contributed by atoms with Crippen molar-refractivity contribution < 1.29 is 0 Å². The van der Waals surface area contributed by atoms with Crippen molar-refractivity contribution in [1.82, 2.24) is 4.90 Å². The lowest BCUT2D eigenvalue weighted by Crippen LogP contribution is -2.21. The summed E-state index contributed by atoms with van der Waals surface area (Å²) in [6.45, 7) is 1.27. The molecule has 1 aliphatic rings. The van der Waals surface area contributed by atoms with E-state index in [1.807, 2.05) is 0 Å². The van der Waals surface area contributed by atoms with E-state index in [0.717, 1.165) is 5.25 Å². The van der Waals surface area contributed by atoms with Crippen LogP contribution >= 0.6 is 11.8 Å². The van der Waals surface area contributed by atoms with Gasteiger partial charge in [-0.3, -0.25) is 0 Å². The van der Waals surface area contributed by atoms with Crippen molar-refractivity contribution in [3.63, 3.8) is 0 Å². The van der Waals surface area contributed by atoms with E-state index in [4.69, 9.17) is 0 Å². The van der Waals surface area contributed by atoms with Crippen LogP contribution in [0.5, 0.6) is 0 Å². The summed E-state index contributed by atoms with van der Waals surface area (Å²) >= 11 is 2.13. The average molecular weight is 145 g/mol. The van der Waals surface area contributed by atoms with Crippen molar-refractivity contribution in [1.29, 1.82) is 0 Å². The molecule has 1 unspecified atom stereocenters. The van der Waals surface area contributed by atoms with E-state index in [0.29, 0.717) is 0 Å². The maximum Gasteiger partial charge on any atom is 0.0175 e. The van der Waals surface area contributed by atoms with E-state index < -0.39 is 0 Å². The number of hydrogen-bond donors (Lipinski definition) is 0. The summed E-state index contributed by atoms with van der Waals surface area (Å²) in [5.41, 5.74) is 0. The fourth-order valence-electron chi connectivity index (χ4n) is 1.20. The molecule has 1 fully saturated rings. The van der Waals surface area contributed by atoms with Gasteiger partial charge in [-0.1, -0.05) is 0 Å². The highest BCUT2D eigenvalue weighted by Crippen LogP contribution is 2.25. The van der Waals surface area contributed by atoms with Gasteiger partial charge < -0.3 is 4.90 Å². The molecule has 2 heteroatoms. The topological polar surface area (TPSA) is 3.24 Å². The summed E-state index contributed by atoms with van der Waals surface area (Å²) < 4.78 is 0. The van der Waals surface area contributed by atoms with Gasteiger partial charge in [0, 0.05) is 11.8 Å². The Balaban J connectivity index is 2.11. The molecular formula is C7H15NS. The van der Waals surface area contributed by atoms with Crippen LogP contribution in [-0.2, 0) is 0 Å². The van der Waals surface area contributed by atoms with Gasteiger partial charge in [0.1, 0.15) is 0 Å². The molecule has 0 saturated carbocycles. The molecule has 0 aromatic rings. The van der Waals surface area contributed by atoms with Gasteiger partial charge in [0.05, 0.1) is 0 Å². The first kappa shape index (κ1) is 7.42. The van der Waals surface area contributed by atoms with Crippen LogP contribution < -0.4 is 0 Å². The largest absolute Gasteiger partial charge is 0.308 e. The number of rotatable bonds is 2. The smallest absolute Gasteiger partial charge is 0.0175 e. The molecule has 54 valence electrons. The van der Waals surface area contributed by atoms with Gasteiger partial charge in [-0.2, -0.15) is 11.8 Å². The molecule has 9 heavy (non-hydrogen) atoms.